The second-order valence-electron chi connectivity index (χ2n) is 10.3. The lowest BCUT2D eigenvalue weighted by atomic mass is 9.99. The molecule has 0 amide bonds. The first-order chi connectivity index (χ1) is 18.6. The van der Waals surface area contributed by atoms with Crippen molar-refractivity contribution in [2.75, 3.05) is 44.7 Å². The van der Waals surface area contributed by atoms with Gasteiger partial charge >= 0.3 is 0 Å². The molecule has 38 heavy (non-hydrogen) atoms. The summed E-state index contributed by atoms with van der Waals surface area (Å²) in [6.07, 6.45) is 4.71. The number of hydrogen-bond acceptors (Lipinski definition) is 7. The quantitative estimate of drug-likeness (QED) is 0.367. The molecule has 194 valence electrons. The first-order valence-electron chi connectivity index (χ1n) is 13.3. The van der Waals surface area contributed by atoms with E-state index in [2.05, 4.69) is 52.5 Å². The van der Waals surface area contributed by atoms with Gasteiger partial charge in [-0.1, -0.05) is 41.9 Å². The Morgan fingerprint density at radius 2 is 2.05 bits per heavy atom. The van der Waals surface area contributed by atoms with Crippen LogP contribution in [-0.4, -0.2) is 66.8 Å². The number of piperazine rings is 1. The molecule has 8 heteroatoms. The Bertz CT molecular complexity index is 1510. The third-order valence-corrected chi connectivity index (χ3v) is 8.11. The minimum Gasteiger partial charge on any atom is -0.476 e. The van der Waals surface area contributed by atoms with Gasteiger partial charge in [0.15, 0.2) is 0 Å². The molecule has 0 saturated carbocycles. The Labute approximate surface area is 228 Å². The van der Waals surface area contributed by atoms with Gasteiger partial charge < -0.3 is 19.9 Å². The number of benzene rings is 2. The third kappa shape index (κ3) is 4.88. The Balaban J connectivity index is 1.43. The number of fused-ring (bicyclic) bond motifs is 2. The van der Waals surface area contributed by atoms with Crippen molar-refractivity contribution in [3.8, 4) is 23.1 Å². The maximum Gasteiger partial charge on any atom is 0.216 e. The molecule has 2 saturated heterocycles. The highest BCUT2D eigenvalue weighted by molar-refractivity contribution is 6.36. The highest BCUT2D eigenvalue weighted by atomic mass is 35.5. The molecule has 2 atom stereocenters. The fourth-order valence-electron chi connectivity index (χ4n) is 5.73. The van der Waals surface area contributed by atoms with Gasteiger partial charge in [0.1, 0.15) is 12.1 Å². The van der Waals surface area contributed by atoms with Crippen LogP contribution in [0.3, 0.4) is 0 Å². The number of nitrogens with zero attached hydrogens (tertiary/aromatic N) is 5. The van der Waals surface area contributed by atoms with Crippen LogP contribution in [0.15, 0.2) is 54.7 Å². The van der Waals surface area contributed by atoms with E-state index in [1.54, 1.807) is 0 Å². The molecule has 7 nitrogen and oxygen atoms in total. The normalized spacial score (nSPS) is 20.2. The Kier molecular flexibility index (Phi) is 7.03. The van der Waals surface area contributed by atoms with E-state index >= 15 is 0 Å². The molecule has 2 aromatic carbocycles. The number of rotatable bonds is 6. The van der Waals surface area contributed by atoms with Crippen molar-refractivity contribution in [1.29, 1.82) is 5.26 Å². The van der Waals surface area contributed by atoms with Crippen LogP contribution in [0.5, 0.6) is 5.88 Å². The third-order valence-electron chi connectivity index (χ3n) is 7.79. The molecule has 1 unspecified atom stereocenters. The Morgan fingerprint density at radius 1 is 1.18 bits per heavy atom. The lowest BCUT2D eigenvalue weighted by molar-refractivity contribution is 0.193. The van der Waals surface area contributed by atoms with E-state index in [1.807, 2.05) is 30.5 Å². The fourth-order valence-corrected chi connectivity index (χ4v) is 6.02. The average molecular weight is 527 g/mol. The predicted molar refractivity (Wildman–Crippen MR) is 153 cm³/mol. The maximum atomic E-state index is 9.26. The van der Waals surface area contributed by atoms with Crippen molar-refractivity contribution in [2.24, 2.45) is 0 Å². The number of halogens is 1. The number of ether oxygens (including phenoxy) is 1. The number of anilines is 1. The van der Waals surface area contributed by atoms with E-state index in [4.69, 9.17) is 26.3 Å². The van der Waals surface area contributed by atoms with Gasteiger partial charge in [0, 0.05) is 60.0 Å². The lowest BCUT2D eigenvalue weighted by Gasteiger charge is -2.34. The Hall–Kier alpha value is -3.44. The summed E-state index contributed by atoms with van der Waals surface area (Å²) in [4.78, 5) is 14.5. The lowest BCUT2D eigenvalue weighted by Crippen LogP contribution is -2.50. The highest BCUT2D eigenvalue weighted by Gasteiger charge is 2.25. The summed E-state index contributed by atoms with van der Waals surface area (Å²) < 4.78 is 6.31. The largest absolute Gasteiger partial charge is 0.476 e. The number of likely N-dealkylation sites (tertiary alicyclic amines) is 1. The summed E-state index contributed by atoms with van der Waals surface area (Å²) in [6.45, 7) is 4.09. The number of hydrogen-bond donors (Lipinski definition) is 1. The van der Waals surface area contributed by atoms with Crippen LogP contribution < -0.4 is 15.0 Å². The monoisotopic (exact) mass is 526 g/mol. The number of aromatic nitrogens is 2. The van der Waals surface area contributed by atoms with Gasteiger partial charge in [-0.25, -0.2) is 4.98 Å². The van der Waals surface area contributed by atoms with E-state index in [9.17, 15) is 5.26 Å². The molecule has 0 bridgehead atoms. The molecular weight excluding hydrogens is 496 g/mol. The van der Waals surface area contributed by atoms with Crippen LogP contribution in [0.1, 0.15) is 19.3 Å². The van der Waals surface area contributed by atoms with Crippen LogP contribution in [0.2, 0.25) is 5.02 Å². The number of pyridine rings is 2. The van der Waals surface area contributed by atoms with Crippen molar-refractivity contribution in [3.05, 3.63) is 59.8 Å². The van der Waals surface area contributed by atoms with Gasteiger partial charge in [0.25, 0.3) is 0 Å². The van der Waals surface area contributed by atoms with Crippen LogP contribution in [0.4, 0.5) is 5.69 Å². The van der Waals surface area contributed by atoms with E-state index in [0.29, 0.717) is 30.0 Å². The summed E-state index contributed by atoms with van der Waals surface area (Å²) >= 11 is 6.64. The number of nitriles is 1. The molecule has 1 N–H and O–H groups in total. The molecule has 2 aromatic heterocycles. The second kappa shape index (κ2) is 10.7. The molecule has 6 rings (SSSR count). The zero-order chi connectivity index (χ0) is 26.1. The zero-order valence-electron chi connectivity index (χ0n) is 21.5. The van der Waals surface area contributed by atoms with E-state index in [0.717, 1.165) is 71.2 Å². The standard InChI is InChI=1S/C30H31ClN6O/c1-36-13-4-7-23(36)19-38-28-16-27(37-14-12-33-22(18-37)10-11-32)30-26(35-28)15-21(17-34-30)24-8-2-5-20-6-3-9-25(31)29(20)24/h2-3,5-6,8-9,15-17,22-23,33H,4,7,10,12-14,18-19H2,1H3/t22-,23?/m0/s1. The van der Waals surface area contributed by atoms with Crippen molar-refractivity contribution in [3.63, 3.8) is 0 Å². The number of nitrogens with one attached hydrogen (secondary N) is 1. The zero-order valence-corrected chi connectivity index (χ0v) is 22.3. The van der Waals surface area contributed by atoms with Gasteiger partial charge in [-0.15, -0.1) is 0 Å². The molecule has 0 aliphatic carbocycles. The van der Waals surface area contributed by atoms with Crippen molar-refractivity contribution >= 4 is 39.1 Å². The molecular formula is C30H31ClN6O. The molecule has 2 aliphatic rings. The molecule has 0 radical (unpaired) electrons. The summed E-state index contributed by atoms with van der Waals surface area (Å²) in [7, 11) is 2.15. The van der Waals surface area contributed by atoms with Crippen LogP contribution in [0.25, 0.3) is 32.9 Å². The second-order valence-corrected chi connectivity index (χ2v) is 10.7. The summed E-state index contributed by atoms with van der Waals surface area (Å²) in [6, 6.07) is 19.1. The van der Waals surface area contributed by atoms with Gasteiger partial charge in [0.2, 0.25) is 5.88 Å². The first kappa shape index (κ1) is 24.9. The van der Waals surface area contributed by atoms with Gasteiger partial charge in [-0.05, 0) is 49.5 Å². The Morgan fingerprint density at radius 3 is 2.87 bits per heavy atom. The molecule has 4 heterocycles. The minimum atomic E-state index is 0.116. The van der Waals surface area contributed by atoms with Gasteiger partial charge in [-0.2, -0.15) is 5.26 Å². The summed E-state index contributed by atoms with van der Waals surface area (Å²) in [5.74, 6) is 0.609. The van der Waals surface area contributed by atoms with Crippen molar-refractivity contribution in [1.82, 2.24) is 20.2 Å². The SMILES string of the molecule is CN1CCCC1COc1cc(N2CCN[C@@H](CC#N)C2)c2ncc(-c3cccc4cccc(Cl)c34)cc2n1. The van der Waals surface area contributed by atoms with Crippen LogP contribution in [-0.2, 0) is 0 Å². The number of likely N-dealkylation sites (N-methyl/N-ethyl adjacent to an activating group) is 1. The van der Waals surface area contributed by atoms with E-state index in [1.165, 1.54) is 6.42 Å². The summed E-state index contributed by atoms with van der Waals surface area (Å²) in [5.41, 5.74) is 4.61. The van der Waals surface area contributed by atoms with Crippen molar-refractivity contribution in [2.45, 2.75) is 31.3 Å². The van der Waals surface area contributed by atoms with E-state index in [-0.39, 0.29) is 6.04 Å². The fraction of sp³-hybridized carbons (Fsp3) is 0.367. The smallest absolute Gasteiger partial charge is 0.216 e. The average Bonchev–Trinajstić information content (AvgIpc) is 3.35. The molecule has 2 fully saturated rings. The topological polar surface area (TPSA) is 77.3 Å². The predicted octanol–water partition coefficient (Wildman–Crippen LogP) is 5.27. The maximum absolute atomic E-state index is 9.26. The van der Waals surface area contributed by atoms with Gasteiger partial charge in [0.05, 0.1) is 23.7 Å². The van der Waals surface area contributed by atoms with Crippen LogP contribution >= 0.6 is 11.6 Å². The highest BCUT2D eigenvalue weighted by Crippen LogP contribution is 2.36. The van der Waals surface area contributed by atoms with E-state index < -0.39 is 0 Å². The molecule has 2 aliphatic heterocycles. The van der Waals surface area contributed by atoms with Gasteiger partial charge in [-0.3, -0.25) is 4.98 Å². The first-order valence-corrected chi connectivity index (χ1v) is 13.7. The molecule has 0 spiro atoms. The van der Waals surface area contributed by atoms with Crippen LogP contribution in [0, 0.1) is 11.3 Å². The molecule has 4 aromatic rings. The summed E-state index contributed by atoms with van der Waals surface area (Å²) in [5, 5.41) is 15.5. The van der Waals surface area contributed by atoms with Crippen molar-refractivity contribution < 1.29 is 4.74 Å². The minimum absolute atomic E-state index is 0.116.